The molecular weight excluding hydrogens is 206 g/mol. The van der Waals surface area contributed by atoms with Crippen molar-refractivity contribution in [2.24, 2.45) is 0 Å². The SMILES string of the molecule is CC1CC(N2CC(n3cccn3)C2)C(=O)O1. The topological polar surface area (TPSA) is 47.4 Å². The molecule has 0 N–H and O–H groups in total. The molecule has 2 unspecified atom stereocenters. The number of cyclic esters (lactones) is 1. The first-order valence-corrected chi connectivity index (χ1v) is 5.67. The van der Waals surface area contributed by atoms with Crippen LogP contribution < -0.4 is 0 Å². The van der Waals surface area contributed by atoms with Gasteiger partial charge in [-0.25, -0.2) is 0 Å². The highest BCUT2D eigenvalue weighted by atomic mass is 16.6. The second kappa shape index (κ2) is 3.59. The smallest absolute Gasteiger partial charge is 0.323 e. The normalized spacial score (nSPS) is 31.4. The Kier molecular flexibility index (Phi) is 2.21. The van der Waals surface area contributed by atoms with Gasteiger partial charge in [0.1, 0.15) is 12.1 Å². The molecule has 0 amide bonds. The van der Waals surface area contributed by atoms with Crippen molar-refractivity contribution in [1.82, 2.24) is 14.7 Å². The summed E-state index contributed by atoms with van der Waals surface area (Å²) in [5, 5.41) is 4.21. The zero-order chi connectivity index (χ0) is 11.1. The van der Waals surface area contributed by atoms with E-state index in [4.69, 9.17) is 4.74 Å². The Hall–Kier alpha value is -1.36. The van der Waals surface area contributed by atoms with Gasteiger partial charge in [0.2, 0.25) is 0 Å². The summed E-state index contributed by atoms with van der Waals surface area (Å²) in [5.74, 6) is -0.0635. The molecule has 5 nitrogen and oxygen atoms in total. The first-order valence-electron chi connectivity index (χ1n) is 5.67. The lowest BCUT2D eigenvalue weighted by Gasteiger charge is -2.41. The number of carbonyl (C=O) groups is 1. The average Bonchev–Trinajstić information content (AvgIpc) is 2.75. The van der Waals surface area contributed by atoms with Gasteiger partial charge in [0, 0.05) is 31.9 Å². The Balaban J connectivity index is 1.59. The van der Waals surface area contributed by atoms with Crippen LogP contribution in [-0.4, -0.2) is 45.9 Å². The van der Waals surface area contributed by atoms with Crippen molar-refractivity contribution in [2.75, 3.05) is 13.1 Å². The second-order valence-electron chi connectivity index (χ2n) is 4.59. The molecule has 2 atom stereocenters. The number of aromatic nitrogens is 2. The van der Waals surface area contributed by atoms with Crippen LogP contribution in [0.2, 0.25) is 0 Å². The fourth-order valence-corrected chi connectivity index (χ4v) is 2.44. The Morgan fingerprint density at radius 2 is 2.31 bits per heavy atom. The van der Waals surface area contributed by atoms with Crippen LogP contribution in [0, 0.1) is 0 Å². The van der Waals surface area contributed by atoms with E-state index in [1.165, 1.54) is 0 Å². The van der Waals surface area contributed by atoms with Gasteiger partial charge in [0.25, 0.3) is 0 Å². The lowest BCUT2D eigenvalue weighted by molar-refractivity contribution is -0.146. The third kappa shape index (κ3) is 1.51. The number of carbonyl (C=O) groups excluding carboxylic acids is 1. The Labute approximate surface area is 94.0 Å². The van der Waals surface area contributed by atoms with Crippen molar-refractivity contribution in [3.8, 4) is 0 Å². The minimum atomic E-state index is -0.0635. The van der Waals surface area contributed by atoms with Crippen LogP contribution in [0.3, 0.4) is 0 Å². The third-order valence-corrected chi connectivity index (χ3v) is 3.37. The fraction of sp³-hybridized carbons (Fsp3) is 0.636. The van der Waals surface area contributed by atoms with Gasteiger partial charge in [-0.1, -0.05) is 0 Å². The molecule has 5 heteroatoms. The van der Waals surface area contributed by atoms with Gasteiger partial charge in [-0.05, 0) is 13.0 Å². The highest BCUT2D eigenvalue weighted by molar-refractivity contribution is 5.78. The van der Waals surface area contributed by atoms with Crippen molar-refractivity contribution in [3.05, 3.63) is 18.5 Å². The van der Waals surface area contributed by atoms with Gasteiger partial charge in [-0.15, -0.1) is 0 Å². The molecule has 0 saturated carbocycles. The van der Waals surface area contributed by atoms with Crippen LogP contribution in [0.4, 0.5) is 0 Å². The standard InChI is InChI=1S/C11H15N3O2/c1-8-5-10(11(15)16-8)13-6-9(7-13)14-4-2-3-12-14/h2-4,8-10H,5-7H2,1H3. The van der Waals surface area contributed by atoms with Crippen molar-refractivity contribution >= 4 is 5.97 Å². The average molecular weight is 221 g/mol. The Bertz CT molecular complexity index is 384. The van der Waals surface area contributed by atoms with Gasteiger partial charge in [-0.2, -0.15) is 5.10 Å². The van der Waals surface area contributed by atoms with Crippen LogP contribution in [-0.2, 0) is 9.53 Å². The first kappa shape index (κ1) is 9.84. The zero-order valence-corrected chi connectivity index (χ0v) is 9.24. The van der Waals surface area contributed by atoms with E-state index >= 15 is 0 Å². The summed E-state index contributed by atoms with van der Waals surface area (Å²) < 4.78 is 7.11. The fourth-order valence-electron chi connectivity index (χ4n) is 2.44. The van der Waals surface area contributed by atoms with E-state index in [2.05, 4.69) is 10.00 Å². The molecule has 2 aliphatic rings. The maximum Gasteiger partial charge on any atom is 0.323 e. The third-order valence-electron chi connectivity index (χ3n) is 3.37. The van der Waals surface area contributed by atoms with Crippen molar-refractivity contribution in [2.45, 2.75) is 31.5 Å². The number of ether oxygens (including phenoxy) is 1. The van der Waals surface area contributed by atoms with Gasteiger partial charge < -0.3 is 4.74 Å². The summed E-state index contributed by atoms with van der Waals surface area (Å²) in [6, 6.07) is 2.31. The lowest BCUT2D eigenvalue weighted by atomic mass is 10.0. The van der Waals surface area contributed by atoms with Crippen LogP contribution in [0.25, 0.3) is 0 Å². The van der Waals surface area contributed by atoms with Gasteiger partial charge in [0.05, 0.1) is 6.04 Å². The molecule has 86 valence electrons. The zero-order valence-electron chi connectivity index (χ0n) is 9.24. The first-order chi connectivity index (χ1) is 7.74. The van der Waals surface area contributed by atoms with E-state index < -0.39 is 0 Å². The molecule has 0 aromatic carbocycles. The molecule has 0 spiro atoms. The van der Waals surface area contributed by atoms with E-state index in [9.17, 15) is 4.79 Å². The monoisotopic (exact) mass is 221 g/mol. The molecule has 1 aromatic heterocycles. The summed E-state index contributed by atoms with van der Waals surface area (Å²) >= 11 is 0. The van der Waals surface area contributed by atoms with Gasteiger partial charge >= 0.3 is 5.97 Å². The molecule has 0 radical (unpaired) electrons. The molecule has 0 bridgehead atoms. The number of hydrogen-bond acceptors (Lipinski definition) is 4. The minimum Gasteiger partial charge on any atom is -0.461 e. The molecule has 3 heterocycles. The number of nitrogens with zero attached hydrogens (tertiary/aromatic N) is 3. The molecule has 0 aliphatic carbocycles. The highest BCUT2D eigenvalue weighted by Crippen LogP contribution is 2.28. The van der Waals surface area contributed by atoms with Crippen molar-refractivity contribution in [3.63, 3.8) is 0 Å². The maximum absolute atomic E-state index is 11.5. The number of likely N-dealkylation sites (tertiary alicyclic amines) is 1. The van der Waals surface area contributed by atoms with E-state index in [1.54, 1.807) is 6.20 Å². The number of rotatable bonds is 2. The second-order valence-corrected chi connectivity index (χ2v) is 4.59. The van der Waals surface area contributed by atoms with Crippen LogP contribution in [0.1, 0.15) is 19.4 Å². The van der Waals surface area contributed by atoms with E-state index in [0.717, 1.165) is 19.5 Å². The highest BCUT2D eigenvalue weighted by Gasteiger charge is 2.42. The van der Waals surface area contributed by atoms with E-state index in [0.29, 0.717) is 6.04 Å². The molecule has 2 aliphatic heterocycles. The predicted molar refractivity (Wildman–Crippen MR) is 56.8 cm³/mol. The van der Waals surface area contributed by atoms with Crippen LogP contribution in [0.5, 0.6) is 0 Å². The Morgan fingerprint density at radius 3 is 2.88 bits per heavy atom. The van der Waals surface area contributed by atoms with Gasteiger partial charge in [-0.3, -0.25) is 14.4 Å². The molecule has 2 fully saturated rings. The molecule has 2 saturated heterocycles. The molecule has 1 aromatic rings. The summed E-state index contributed by atoms with van der Waals surface area (Å²) in [6.45, 7) is 3.74. The number of esters is 1. The summed E-state index contributed by atoms with van der Waals surface area (Å²) in [4.78, 5) is 13.7. The summed E-state index contributed by atoms with van der Waals surface area (Å²) in [7, 11) is 0. The molecule has 16 heavy (non-hydrogen) atoms. The minimum absolute atomic E-state index is 0.0261. The van der Waals surface area contributed by atoms with Crippen molar-refractivity contribution < 1.29 is 9.53 Å². The van der Waals surface area contributed by atoms with Crippen LogP contribution in [0.15, 0.2) is 18.5 Å². The quantitative estimate of drug-likeness (QED) is 0.680. The molecular formula is C11H15N3O2. The van der Waals surface area contributed by atoms with Crippen LogP contribution >= 0.6 is 0 Å². The predicted octanol–water partition coefficient (Wildman–Crippen LogP) is 0.444. The summed E-state index contributed by atoms with van der Waals surface area (Å²) in [6.07, 6.45) is 4.65. The summed E-state index contributed by atoms with van der Waals surface area (Å²) in [5.41, 5.74) is 0. The molecule has 3 rings (SSSR count). The maximum atomic E-state index is 11.5. The van der Waals surface area contributed by atoms with E-state index in [-0.39, 0.29) is 18.1 Å². The lowest BCUT2D eigenvalue weighted by Crippen LogP contribution is -2.54. The Morgan fingerprint density at radius 1 is 1.50 bits per heavy atom. The van der Waals surface area contributed by atoms with Gasteiger partial charge in [0.15, 0.2) is 0 Å². The van der Waals surface area contributed by atoms with E-state index in [1.807, 2.05) is 23.9 Å². The largest absolute Gasteiger partial charge is 0.461 e. The number of hydrogen-bond donors (Lipinski definition) is 0. The van der Waals surface area contributed by atoms with Crippen molar-refractivity contribution in [1.29, 1.82) is 0 Å².